The lowest BCUT2D eigenvalue weighted by Gasteiger charge is -2.38. The SMILES string of the molecule is COc1cc(N2CCN(C(C)C)CC2)ccc1Nc1ncc(Cl)c(Nc2ccccc2P(C)(C)=O)n1.COc1cc(OC2CCN(C)CC2)ccc1Nc1ncc(Cl)c(Nc2ccccc2P(C)(C)=O)n1.Cc1cc(P(C)(C)=O)ccc1Nc1ncc(Cl)c(Nc2ccc(Cl)cc2C#N)n1. The Kier molecular flexibility index (Phi) is 25.8. The Bertz CT molecular complexity index is 4560. The molecule has 0 unspecified atom stereocenters. The molecule has 2 fully saturated rings. The fraction of sp³-hybridized carbons (Fsp3) is 0.310. The van der Waals surface area contributed by atoms with Crippen LogP contribution in [0.3, 0.4) is 0 Å². The van der Waals surface area contributed by atoms with Crippen LogP contribution in [0.15, 0.2) is 140 Å². The van der Waals surface area contributed by atoms with E-state index >= 15 is 0 Å². The molecule has 2 saturated heterocycles. The Labute approximate surface area is 605 Å². The van der Waals surface area contributed by atoms with Crippen LogP contribution in [0.1, 0.15) is 37.8 Å². The second-order valence-corrected chi connectivity index (χ2v) is 36.5. The quantitative estimate of drug-likeness (QED) is 0.0365. The zero-order chi connectivity index (χ0) is 72.1. The summed E-state index contributed by atoms with van der Waals surface area (Å²) in [6.45, 7) is 22.9. The normalized spacial score (nSPS) is 13.7. The first kappa shape index (κ1) is 76.0. The van der Waals surface area contributed by atoms with Crippen LogP contribution in [0, 0.1) is 18.3 Å². The van der Waals surface area contributed by atoms with E-state index in [0.717, 1.165) is 96.4 Å². The molecule has 3 aromatic heterocycles. The number of aromatic nitrogens is 6. The second kappa shape index (κ2) is 34.0. The van der Waals surface area contributed by atoms with Gasteiger partial charge in [0.15, 0.2) is 17.5 Å². The van der Waals surface area contributed by atoms with Crippen LogP contribution in [0.25, 0.3) is 0 Å². The molecule has 29 heteroatoms. The monoisotopic (exact) mass is 1490 g/mol. The molecule has 0 radical (unpaired) electrons. The maximum Gasteiger partial charge on any atom is 0.229 e. The Morgan fingerprint density at radius 1 is 0.530 bits per heavy atom. The smallest absolute Gasteiger partial charge is 0.229 e. The molecule has 0 aliphatic carbocycles. The summed E-state index contributed by atoms with van der Waals surface area (Å²) in [6.07, 6.45) is 6.73. The van der Waals surface area contributed by atoms with Gasteiger partial charge in [0.2, 0.25) is 17.8 Å². The first-order chi connectivity index (χ1) is 47.5. The summed E-state index contributed by atoms with van der Waals surface area (Å²) in [7, 11) is -1.94. The van der Waals surface area contributed by atoms with Crippen molar-refractivity contribution in [3.63, 3.8) is 0 Å². The average molecular weight is 1490 g/mol. The molecule has 5 heterocycles. The summed E-state index contributed by atoms with van der Waals surface area (Å²) in [4.78, 5) is 33.6. The molecule has 22 nitrogen and oxygen atoms in total. The van der Waals surface area contributed by atoms with Crippen LogP contribution >= 0.6 is 67.8 Å². The minimum absolute atomic E-state index is 0.201. The molecule has 0 saturated carbocycles. The topological polar surface area (TPSA) is 262 Å². The van der Waals surface area contributed by atoms with E-state index in [1.54, 1.807) is 72.4 Å². The minimum atomic E-state index is -2.50. The lowest BCUT2D eigenvalue weighted by molar-refractivity contribution is 0.114. The summed E-state index contributed by atoms with van der Waals surface area (Å²) >= 11 is 24.9. The van der Waals surface area contributed by atoms with Crippen molar-refractivity contribution in [1.29, 1.82) is 5.26 Å². The van der Waals surface area contributed by atoms with E-state index in [2.05, 4.69) is 110 Å². The lowest BCUT2D eigenvalue weighted by atomic mass is 10.1. The molecule has 6 aromatic carbocycles. The Hall–Kier alpha value is -8.18. The Balaban J connectivity index is 0.000000176. The zero-order valence-corrected chi connectivity index (χ0v) is 63.6. The third-order valence-electron chi connectivity index (χ3n) is 16.4. The number of piperidine rings is 1. The van der Waals surface area contributed by atoms with Gasteiger partial charge in [-0.25, -0.2) is 15.0 Å². The molecule has 526 valence electrons. The average Bonchev–Trinajstić information content (AvgIpc) is 0.825. The largest absolute Gasteiger partial charge is 0.494 e. The van der Waals surface area contributed by atoms with Crippen molar-refractivity contribution in [3.8, 4) is 23.3 Å². The molecule has 0 spiro atoms. The van der Waals surface area contributed by atoms with Crippen LogP contribution in [0.5, 0.6) is 17.2 Å². The van der Waals surface area contributed by atoms with Crippen molar-refractivity contribution in [2.24, 2.45) is 0 Å². The number of hydrogen-bond acceptors (Lipinski definition) is 22. The number of halogens is 4. The molecule has 11 rings (SSSR count). The van der Waals surface area contributed by atoms with E-state index in [1.807, 2.05) is 104 Å². The van der Waals surface area contributed by atoms with Crippen LogP contribution in [-0.2, 0) is 13.7 Å². The van der Waals surface area contributed by atoms with Gasteiger partial charge in [0.05, 0.1) is 66.8 Å². The number of methoxy groups -OCH3 is 2. The van der Waals surface area contributed by atoms with Gasteiger partial charge in [-0.15, -0.1) is 0 Å². The maximum absolute atomic E-state index is 12.7. The van der Waals surface area contributed by atoms with Crippen molar-refractivity contribution in [3.05, 3.63) is 171 Å². The van der Waals surface area contributed by atoms with Gasteiger partial charge < -0.3 is 69.6 Å². The Morgan fingerprint density at radius 3 is 1.46 bits per heavy atom. The molecule has 6 N–H and O–H groups in total. The fourth-order valence-electron chi connectivity index (χ4n) is 10.8. The number of benzene rings is 6. The number of piperazine rings is 1. The number of likely N-dealkylation sites (tertiary alicyclic amines) is 1. The molecule has 0 atom stereocenters. The van der Waals surface area contributed by atoms with Gasteiger partial charge in [0.1, 0.15) is 65.9 Å². The highest BCUT2D eigenvalue weighted by Gasteiger charge is 2.24. The number of nitrogens with zero attached hydrogens (tertiary/aromatic N) is 10. The third-order valence-corrected chi connectivity index (χ3v) is 22.1. The van der Waals surface area contributed by atoms with Gasteiger partial charge in [-0.1, -0.05) is 70.7 Å². The van der Waals surface area contributed by atoms with Gasteiger partial charge in [-0.3, -0.25) is 4.90 Å². The molecule has 0 amide bonds. The van der Waals surface area contributed by atoms with Crippen molar-refractivity contribution < 1.29 is 27.9 Å². The van der Waals surface area contributed by atoms with Crippen LogP contribution < -0.4 is 66.9 Å². The van der Waals surface area contributed by atoms with E-state index < -0.39 is 21.4 Å². The summed E-state index contributed by atoms with van der Waals surface area (Å²) < 4.78 is 55.2. The van der Waals surface area contributed by atoms with Crippen molar-refractivity contribution in [1.82, 2.24) is 39.7 Å². The molecule has 0 bridgehead atoms. The van der Waals surface area contributed by atoms with E-state index in [0.29, 0.717) is 101 Å². The highest BCUT2D eigenvalue weighted by atomic mass is 35.5. The zero-order valence-electron chi connectivity index (χ0n) is 57.9. The first-order valence-corrected chi connectivity index (χ1v) is 41.4. The number of ether oxygens (including phenoxy) is 3. The highest BCUT2D eigenvalue weighted by Crippen LogP contribution is 2.42. The summed E-state index contributed by atoms with van der Waals surface area (Å²) in [5.41, 5.74) is 6.59. The molecular weight excluding hydrogens is 1410 g/mol. The van der Waals surface area contributed by atoms with Crippen LogP contribution in [-0.4, -0.2) is 152 Å². The molecule has 2 aliphatic heterocycles. The van der Waals surface area contributed by atoms with E-state index in [1.165, 1.54) is 18.6 Å². The predicted molar refractivity (Wildman–Crippen MR) is 414 cm³/mol. The number of anilines is 13. The van der Waals surface area contributed by atoms with Gasteiger partial charge >= 0.3 is 0 Å². The predicted octanol–water partition coefficient (Wildman–Crippen LogP) is 16.4. The van der Waals surface area contributed by atoms with Crippen molar-refractivity contribution in [2.75, 3.05) is 137 Å². The van der Waals surface area contributed by atoms with Gasteiger partial charge in [0, 0.05) is 89.8 Å². The number of rotatable bonds is 21. The molecular formula is C71H83Cl4N16O6P3. The highest BCUT2D eigenvalue weighted by molar-refractivity contribution is 7.71. The summed E-state index contributed by atoms with van der Waals surface area (Å²) in [6, 6.07) is 39.8. The lowest BCUT2D eigenvalue weighted by Crippen LogP contribution is -2.48. The van der Waals surface area contributed by atoms with Crippen LogP contribution in [0.2, 0.25) is 20.1 Å². The Morgan fingerprint density at radius 2 is 0.990 bits per heavy atom. The van der Waals surface area contributed by atoms with Crippen molar-refractivity contribution >= 4 is 159 Å². The number of para-hydroxylation sites is 2. The summed E-state index contributed by atoms with van der Waals surface area (Å²) in [5.74, 6) is 4.31. The van der Waals surface area contributed by atoms with E-state index in [-0.39, 0.29) is 6.10 Å². The number of hydrogen-bond donors (Lipinski definition) is 6. The van der Waals surface area contributed by atoms with Gasteiger partial charge in [-0.05, 0) is 171 Å². The molecule has 100 heavy (non-hydrogen) atoms. The molecule has 2 aliphatic rings. The van der Waals surface area contributed by atoms with Gasteiger partial charge in [0.25, 0.3) is 0 Å². The second-order valence-electron chi connectivity index (χ2n) is 25.3. The number of nitriles is 1. The standard InChI is InChI=1S/C26H34ClN6O2P.C25H31ClN5O3P.C20H18Cl2N5OP/c1-18(2)32-12-14-33(15-13-32)19-10-11-21(23(16-19)35-3)30-26-28-17-20(27)25(31-26)29-22-8-6-7-9-24(22)36(4,5)34;1-31-13-11-17(12-14-31)34-18-9-10-20(22(15-18)33-2)29-25-27-16-19(26)24(30-25)28-21-7-5-6-8-23(21)35(3,4)32;1-12-8-15(29(2,3)28)5-7-17(12)26-20-24-11-16(22)19(27-20)25-18-6-4-14(21)9-13(18)10-23/h6-11,16-18H,12-15H2,1-5H3,(H2,28,29,30,31);5-10,15-17H,11-14H2,1-4H3,(H2,27,28,29,30);4-9,11H,1-3H3,(H2,24,25,26,27). The van der Waals surface area contributed by atoms with E-state index in [4.69, 9.17) is 60.6 Å². The number of nitrogens with one attached hydrogen (secondary N) is 6. The molecule has 9 aromatic rings. The first-order valence-electron chi connectivity index (χ1n) is 32.1. The fourth-order valence-corrected chi connectivity index (χ4v) is 14.7. The maximum atomic E-state index is 12.7. The van der Waals surface area contributed by atoms with Gasteiger partial charge in [-0.2, -0.15) is 20.2 Å². The van der Waals surface area contributed by atoms with E-state index in [9.17, 15) is 19.0 Å². The van der Waals surface area contributed by atoms with Crippen LogP contribution in [0.4, 0.5) is 75.1 Å². The summed E-state index contributed by atoms with van der Waals surface area (Å²) in [5, 5.41) is 32.1. The number of aryl methyl sites for hydroxylation is 1. The minimum Gasteiger partial charge on any atom is -0.494 e. The third kappa shape index (κ3) is 20.7. The van der Waals surface area contributed by atoms with Crippen molar-refractivity contribution in [2.45, 2.75) is 45.8 Å².